The van der Waals surface area contributed by atoms with Crippen LogP contribution in [0.3, 0.4) is 0 Å². The molecule has 0 spiro atoms. The van der Waals surface area contributed by atoms with Crippen molar-refractivity contribution in [3.8, 4) is 0 Å². The van der Waals surface area contributed by atoms with Gasteiger partial charge in [0.2, 0.25) is 0 Å². The lowest BCUT2D eigenvalue weighted by molar-refractivity contribution is 1.18. The van der Waals surface area contributed by atoms with Crippen molar-refractivity contribution in [3.05, 3.63) is 42.0 Å². The van der Waals surface area contributed by atoms with Gasteiger partial charge in [0.25, 0.3) is 0 Å². The van der Waals surface area contributed by atoms with Crippen molar-refractivity contribution in [2.75, 3.05) is 0 Å². The number of hydrogen-bond donors (Lipinski definition) is 0. The van der Waals surface area contributed by atoms with Crippen molar-refractivity contribution < 1.29 is 0 Å². The summed E-state index contributed by atoms with van der Waals surface area (Å²) in [5, 5.41) is 0. The van der Waals surface area contributed by atoms with Crippen LogP contribution in [0.25, 0.3) is 5.57 Å². The SMILES string of the molecule is C=C(CC[Si](C)(C)C)c1ccc(C)cc1. The van der Waals surface area contributed by atoms with Crippen LogP contribution in [-0.4, -0.2) is 8.07 Å². The molecule has 1 rings (SSSR count). The largest absolute Gasteiger partial charge is 0.0952 e. The zero-order valence-corrected chi connectivity index (χ0v) is 11.4. The van der Waals surface area contributed by atoms with E-state index >= 15 is 0 Å². The van der Waals surface area contributed by atoms with Gasteiger partial charge in [0.1, 0.15) is 0 Å². The molecule has 0 saturated heterocycles. The van der Waals surface area contributed by atoms with Crippen LogP contribution in [0.15, 0.2) is 30.8 Å². The molecule has 15 heavy (non-hydrogen) atoms. The summed E-state index contributed by atoms with van der Waals surface area (Å²) in [6.45, 7) is 13.5. The van der Waals surface area contributed by atoms with Crippen LogP contribution < -0.4 is 0 Å². The van der Waals surface area contributed by atoms with Gasteiger partial charge in [-0.2, -0.15) is 0 Å². The van der Waals surface area contributed by atoms with Gasteiger partial charge in [-0.05, 0) is 24.5 Å². The van der Waals surface area contributed by atoms with Crippen LogP contribution in [0, 0.1) is 6.92 Å². The summed E-state index contributed by atoms with van der Waals surface area (Å²) in [5.41, 5.74) is 3.91. The third-order valence-electron chi connectivity index (χ3n) is 2.64. The summed E-state index contributed by atoms with van der Waals surface area (Å²) in [7, 11) is -0.925. The van der Waals surface area contributed by atoms with Crippen molar-refractivity contribution >= 4 is 13.6 Å². The normalized spacial score (nSPS) is 11.5. The van der Waals surface area contributed by atoms with Crippen LogP contribution in [0.2, 0.25) is 25.7 Å². The lowest BCUT2D eigenvalue weighted by Gasteiger charge is -2.16. The molecule has 82 valence electrons. The Morgan fingerprint density at radius 2 is 1.67 bits per heavy atom. The van der Waals surface area contributed by atoms with E-state index in [4.69, 9.17) is 0 Å². The van der Waals surface area contributed by atoms with Crippen LogP contribution in [0.5, 0.6) is 0 Å². The Morgan fingerprint density at radius 3 is 2.13 bits per heavy atom. The first kappa shape index (κ1) is 12.2. The molecule has 0 radical (unpaired) electrons. The van der Waals surface area contributed by atoms with Gasteiger partial charge >= 0.3 is 0 Å². The van der Waals surface area contributed by atoms with Crippen molar-refractivity contribution in [2.24, 2.45) is 0 Å². The fourth-order valence-electron chi connectivity index (χ4n) is 1.46. The number of hydrogen-bond acceptors (Lipinski definition) is 0. The van der Waals surface area contributed by atoms with Crippen molar-refractivity contribution in [3.63, 3.8) is 0 Å². The lowest BCUT2D eigenvalue weighted by Crippen LogP contribution is -2.18. The van der Waals surface area contributed by atoms with Gasteiger partial charge in [-0.3, -0.25) is 0 Å². The molecule has 1 heteroatoms. The Bertz CT molecular complexity index is 327. The summed E-state index contributed by atoms with van der Waals surface area (Å²) in [6.07, 6.45) is 1.15. The molecule has 0 amide bonds. The first-order valence-corrected chi connectivity index (χ1v) is 9.34. The van der Waals surface area contributed by atoms with Gasteiger partial charge < -0.3 is 0 Å². The molecule has 0 aliphatic carbocycles. The average molecular weight is 218 g/mol. The highest BCUT2D eigenvalue weighted by atomic mass is 28.3. The second-order valence-electron chi connectivity index (χ2n) is 5.53. The highest BCUT2D eigenvalue weighted by Crippen LogP contribution is 2.22. The Labute approximate surface area is 95.0 Å². The zero-order valence-electron chi connectivity index (χ0n) is 10.4. The van der Waals surface area contributed by atoms with Gasteiger partial charge in [-0.1, -0.05) is 62.1 Å². The number of aryl methyl sites for hydroxylation is 1. The third-order valence-corrected chi connectivity index (χ3v) is 4.39. The quantitative estimate of drug-likeness (QED) is 0.641. The van der Waals surface area contributed by atoms with Crippen LogP contribution in [-0.2, 0) is 0 Å². The van der Waals surface area contributed by atoms with Gasteiger partial charge in [0, 0.05) is 8.07 Å². The van der Waals surface area contributed by atoms with E-state index < -0.39 is 8.07 Å². The van der Waals surface area contributed by atoms with Crippen molar-refractivity contribution in [1.29, 1.82) is 0 Å². The van der Waals surface area contributed by atoms with E-state index in [1.807, 2.05) is 0 Å². The maximum absolute atomic E-state index is 4.18. The van der Waals surface area contributed by atoms with Gasteiger partial charge in [-0.25, -0.2) is 0 Å². The maximum atomic E-state index is 4.18. The number of allylic oxidation sites excluding steroid dienone is 1. The van der Waals surface area contributed by atoms with Crippen molar-refractivity contribution in [1.82, 2.24) is 0 Å². The van der Waals surface area contributed by atoms with E-state index in [-0.39, 0.29) is 0 Å². The lowest BCUT2D eigenvalue weighted by atomic mass is 10.0. The molecule has 0 atom stereocenters. The minimum atomic E-state index is -0.925. The first-order chi connectivity index (χ1) is 6.88. The topological polar surface area (TPSA) is 0 Å². The molecule has 0 N–H and O–H groups in total. The fourth-order valence-corrected chi connectivity index (χ4v) is 2.51. The monoisotopic (exact) mass is 218 g/mol. The minimum absolute atomic E-state index is 0.925. The second kappa shape index (κ2) is 4.80. The molecule has 0 heterocycles. The average Bonchev–Trinajstić information content (AvgIpc) is 2.14. The molecule has 0 aliphatic rings. The van der Waals surface area contributed by atoms with E-state index in [9.17, 15) is 0 Å². The predicted octanol–water partition coefficient (Wildman–Crippen LogP) is 4.74. The van der Waals surface area contributed by atoms with Crippen LogP contribution in [0.1, 0.15) is 17.5 Å². The minimum Gasteiger partial charge on any atom is -0.0952 e. The van der Waals surface area contributed by atoms with E-state index in [0.29, 0.717) is 0 Å². The van der Waals surface area contributed by atoms with Gasteiger partial charge in [0.15, 0.2) is 0 Å². The molecule has 0 nitrogen and oxygen atoms in total. The Balaban J connectivity index is 2.58. The molecule has 0 bridgehead atoms. The molecule has 0 fully saturated rings. The third kappa shape index (κ3) is 4.48. The summed E-state index contributed by atoms with van der Waals surface area (Å²) in [6, 6.07) is 10.0. The highest BCUT2D eigenvalue weighted by molar-refractivity contribution is 6.76. The molecule has 1 aromatic carbocycles. The molecular formula is C14H22Si. The van der Waals surface area contributed by atoms with Gasteiger partial charge in [-0.15, -0.1) is 0 Å². The fraction of sp³-hybridized carbons (Fsp3) is 0.429. The highest BCUT2D eigenvalue weighted by Gasteiger charge is 2.13. The molecule has 0 saturated carbocycles. The molecule has 0 aliphatic heterocycles. The summed E-state index contributed by atoms with van der Waals surface area (Å²) < 4.78 is 0. The summed E-state index contributed by atoms with van der Waals surface area (Å²) >= 11 is 0. The number of rotatable bonds is 4. The van der Waals surface area contributed by atoms with E-state index in [1.165, 1.54) is 22.7 Å². The van der Waals surface area contributed by atoms with Crippen LogP contribution >= 0.6 is 0 Å². The first-order valence-electron chi connectivity index (χ1n) is 5.63. The molecule has 1 aromatic rings. The Hall–Kier alpha value is -0.823. The maximum Gasteiger partial charge on any atom is 0.0445 e. The predicted molar refractivity (Wildman–Crippen MR) is 73.0 cm³/mol. The smallest absolute Gasteiger partial charge is 0.0445 e. The molecular weight excluding hydrogens is 196 g/mol. The second-order valence-corrected chi connectivity index (χ2v) is 11.2. The standard InChI is InChI=1S/C14H22Si/c1-12-6-8-14(9-7-12)13(2)10-11-15(3,4)5/h6-9H,2,10-11H2,1,3-5H3. The zero-order chi connectivity index (χ0) is 11.5. The van der Waals surface area contributed by atoms with E-state index in [1.54, 1.807) is 0 Å². The number of benzene rings is 1. The molecule has 0 unspecified atom stereocenters. The summed E-state index contributed by atoms with van der Waals surface area (Å²) in [4.78, 5) is 0. The summed E-state index contributed by atoms with van der Waals surface area (Å²) in [5.74, 6) is 0. The van der Waals surface area contributed by atoms with E-state index in [0.717, 1.165) is 6.42 Å². The van der Waals surface area contributed by atoms with Crippen LogP contribution in [0.4, 0.5) is 0 Å². The Morgan fingerprint density at radius 1 is 1.13 bits per heavy atom. The Kier molecular flexibility index (Phi) is 3.92. The van der Waals surface area contributed by atoms with E-state index in [2.05, 4.69) is 57.4 Å². The van der Waals surface area contributed by atoms with Crippen molar-refractivity contribution in [2.45, 2.75) is 39.0 Å². The molecule has 0 aromatic heterocycles. The van der Waals surface area contributed by atoms with Gasteiger partial charge in [0.05, 0.1) is 0 Å².